The molecule has 3 aliphatic rings. The quantitative estimate of drug-likeness (QED) is 0.747. The van der Waals surface area contributed by atoms with Crippen LogP contribution in [0.4, 0.5) is 17.5 Å². The summed E-state index contributed by atoms with van der Waals surface area (Å²) in [5.41, 5.74) is 4.73. The normalized spacial score (nSPS) is 24.7. The molecule has 1 amide bonds. The molecular formula is C23H28N6O. The van der Waals surface area contributed by atoms with Crippen LogP contribution in [-0.2, 0) is 17.9 Å². The molecule has 7 heteroatoms. The fraction of sp³-hybridized carbons (Fsp3) is 0.435. The van der Waals surface area contributed by atoms with Crippen molar-refractivity contribution in [2.45, 2.75) is 44.9 Å². The number of fused-ring (bicyclic) bond motifs is 3. The van der Waals surface area contributed by atoms with Crippen molar-refractivity contribution in [1.82, 2.24) is 19.8 Å². The number of benzene rings is 1. The summed E-state index contributed by atoms with van der Waals surface area (Å²) in [5.74, 6) is 1.99. The highest BCUT2D eigenvalue weighted by molar-refractivity contribution is 5.87. The van der Waals surface area contributed by atoms with Gasteiger partial charge in [0.05, 0.1) is 6.04 Å². The molecule has 1 saturated heterocycles. The van der Waals surface area contributed by atoms with Crippen LogP contribution in [0.25, 0.3) is 0 Å². The molecule has 2 aliphatic heterocycles. The molecule has 0 radical (unpaired) electrons. The first kappa shape index (κ1) is 19.1. The van der Waals surface area contributed by atoms with E-state index in [1.165, 1.54) is 17.2 Å². The standard InChI is InChI=1S/C23H28N6O/c1-4-21(30)29-11-15-7-19(20(29)8-15)26-22-14(2)10-24-23(27-22)25-18-6-5-16-12-28(3)13-17(16)9-18/h4-6,9-10,15,19-20H,1,7-8,11-13H2,2-3H3,(H2,24,25,26,27). The van der Waals surface area contributed by atoms with Gasteiger partial charge in [-0.25, -0.2) is 4.98 Å². The molecule has 7 nitrogen and oxygen atoms in total. The molecule has 30 heavy (non-hydrogen) atoms. The van der Waals surface area contributed by atoms with Gasteiger partial charge in [0.1, 0.15) is 5.82 Å². The average Bonchev–Trinajstić information content (AvgIpc) is 3.42. The third-order valence-electron chi connectivity index (χ3n) is 6.58. The van der Waals surface area contributed by atoms with E-state index in [-0.39, 0.29) is 18.0 Å². The van der Waals surface area contributed by atoms with Gasteiger partial charge in [-0.2, -0.15) is 4.98 Å². The maximum Gasteiger partial charge on any atom is 0.246 e. The lowest BCUT2D eigenvalue weighted by molar-refractivity contribution is -0.127. The predicted octanol–water partition coefficient (Wildman–Crippen LogP) is 3.06. The van der Waals surface area contributed by atoms with E-state index < -0.39 is 0 Å². The second-order valence-corrected chi connectivity index (χ2v) is 8.86. The number of piperidine rings is 1. The molecule has 2 aromatic rings. The Kier molecular flexibility index (Phi) is 4.70. The Bertz CT molecular complexity index is 1010. The van der Waals surface area contributed by atoms with Gasteiger partial charge in [-0.3, -0.25) is 9.69 Å². The van der Waals surface area contributed by atoms with Crippen LogP contribution >= 0.6 is 0 Å². The summed E-state index contributed by atoms with van der Waals surface area (Å²) < 4.78 is 0. The minimum Gasteiger partial charge on any atom is -0.365 e. The van der Waals surface area contributed by atoms with Crippen molar-refractivity contribution in [3.05, 3.63) is 53.7 Å². The Morgan fingerprint density at radius 3 is 2.90 bits per heavy atom. The minimum atomic E-state index is 0.0259. The van der Waals surface area contributed by atoms with E-state index in [0.717, 1.165) is 49.5 Å². The van der Waals surface area contributed by atoms with Crippen LogP contribution in [0, 0.1) is 12.8 Å². The molecule has 3 heterocycles. The fourth-order valence-electron chi connectivity index (χ4n) is 5.15. The lowest BCUT2D eigenvalue weighted by atomic mass is 10.1. The van der Waals surface area contributed by atoms with Gasteiger partial charge in [0.2, 0.25) is 11.9 Å². The molecule has 0 spiro atoms. The molecule has 3 unspecified atom stereocenters. The number of anilines is 3. The molecule has 2 bridgehead atoms. The molecule has 2 fully saturated rings. The summed E-state index contributed by atoms with van der Waals surface area (Å²) in [4.78, 5) is 25.6. The van der Waals surface area contributed by atoms with Gasteiger partial charge in [0, 0.05) is 43.1 Å². The first-order chi connectivity index (χ1) is 14.5. The first-order valence-corrected chi connectivity index (χ1v) is 10.6. The van der Waals surface area contributed by atoms with Crippen LogP contribution in [-0.4, -0.2) is 51.4 Å². The van der Waals surface area contributed by atoms with Crippen molar-refractivity contribution in [2.24, 2.45) is 5.92 Å². The van der Waals surface area contributed by atoms with E-state index in [0.29, 0.717) is 11.9 Å². The Balaban J connectivity index is 1.32. The number of likely N-dealkylation sites (tertiary alicyclic amines) is 1. The summed E-state index contributed by atoms with van der Waals surface area (Å²) in [6.07, 6.45) is 5.38. The number of carbonyl (C=O) groups excluding carboxylic acids is 1. The van der Waals surface area contributed by atoms with Gasteiger partial charge < -0.3 is 15.5 Å². The van der Waals surface area contributed by atoms with Crippen LogP contribution in [0.1, 0.15) is 29.5 Å². The van der Waals surface area contributed by atoms with Crippen LogP contribution in [0.5, 0.6) is 0 Å². The molecule has 156 valence electrons. The second-order valence-electron chi connectivity index (χ2n) is 8.86. The van der Waals surface area contributed by atoms with Gasteiger partial charge in [-0.05, 0) is 62.1 Å². The number of hydrogen-bond donors (Lipinski definition) is 2. The van der Waals surface area contributed by atoms with E-state index in [9.17, 15) is 4.79 Å². The Labute approximate surface area is 177 Å². The highest BCUT2D eigenvalue weighted by Gasteiger charge is 2.46. The van der Waals surface area contributed by atoms with Crippen molar-refractivity contribution in [1.29, 1.82) is 0 Å². The second kappa shape index (κ2) is 7.40. The fourth-order valence-corrected chi connectivity index (χ4v) is 5.15. The van der Waals surface area contributed by atoms with Gasteiger partial charge in [-0.15, -0.1) is 0 Å². The van der Waals surface area contributed by atoms with Gasteiger partial charge >= 0.3 is 0 Å². The van der Waals surface area contributed by atoms with E-state index >= 15 is 0 Å². The van der Waals surface area contributed by atoms with Gasteiger partial charge in [-0.1, -0.05) is 12.6 Å². The zero-order chi connectivity index (χ0) is 20.8. The molecule has 1 aromatic carbocycles. The topological polar surface area (TPSA) is 73.4 Å². The van der Waals surface area contributed by atoms with Crippen molar-refractivity contribution in [3.8, 4) is 0 Å². The van der Waals surface area contributed by atoms with Crippen LogP contribution in [0.2, 0.25) is 0 Å². The number of amides is 1. The monoisotopic (exact) mass is 404 g/mol. The zero-order valence-electron chi connectivity index (χ0n) is 17.6. The maximum absolute atomic E-state index is 12.2. The number of nitrogens with one attached hydrogen (secondary N) is 2. The van der Waals surface area contributed by atoms with Crippen molar-refractivity contribution in [3.63, 3.8) is 0 Å². The summed E-state index contributed by atoms with van der Waals surface area (Å²) in [5, 5.41) is 6.95. The zero-order valence-corrected chi connectivity index (χ0v) is 17.6. The number of aryl methyl sites for hydroxylation is 1. The Morgan fingerprint density at radius 1 is 1.27 bits per heavy atom. The Hall–Kier alpha value is -2.93. The lowest BCUT2D eigenvalue weighted by Crippen LogP contribution is -2.47. The number of hydrogen-bond acceptors (Lipinski definition) is 6. The number of nitrogens with zero attached hydrogens (tertiary/aromatic N) is 4. The molecule has 1 aromatic heterocycles. The molecule has 1 saturated carbocycles. The first-order valence-electron chi connectivity index (χ1n) is 10.6. The van der Waals surface area contributed by atoms with E-state index in [1.807, 2.05) is 18.0 Å². The van der Waals surface area contributed by atoms with Crippen molar-refractivity contribution < 1.29 is 4.79 Å². The van der Waals surface area contributed by atoms with E-state index in [4.69, 9.17) is 4.98 Å². The lowest BCUT2D eigenvalue weighted by Gasteiger charge is -2.33. The van der Waals surface area contributed by atoms with E-state index in [2.05, 4.69) is 52.3 Å². The summed E-state index contributed by atoms with van der Waals surface area (Å²) in [6, 6.07) is 6.87. The van der Waals surface area contributed by atoms with Gasteiger partial charge in [0.15, 0.2) is 0 Å². The van der Waals surface area contributed by atoms with Crippen LogP contribution in [0.15, 0.2) is 37.1 Å². The third kappa shape index (κ3) is 3.43. The van der Waals surface area contributed by atoms with Gasteiger partial charge in [0.25, 0.3) is 0 Å². The minimum absolute atomic E-state index is 0.0259. The summed E-state index contributed by atoms with van der Waals surface area (Å²) >= 11 is 0. The molecule has 2 N–H and O–H groups in total. The van der Waals surface area contributed by atoms with Crippen LogP contribution < -0.4 is 10.6 Å². The van der Waals surface area contributed by atoms with E-state index in [1.54, 1.807) is 0 Å². The largest absolute Gasteiger partial charge is 0.365 e. The smallest absolute Gasteiger partial charge is 0.246 e. The maximum atomic E-state index is 12.2. The number of aromatic nitrogens is 2. The SMILES string of the molecule is C=CC(=O)N1CC2CC(Nc3nc(Nc4ccc5c(c4)CN(C)C5)ncc3C)C1C2. The number of rotatable bonds is 5. The average molecular weight is 405 g/mol. The molecule has 1 aliphatic carbocycles. The molecule has 5 rings (SSSR count). The van der Waals surface area contributed by atoms with Crippen LogP contribution in [0.3, 0.4) is 0 Å². The predicted molar refractivity (Wildman–Crippen MR) is 117 cm³/mol. The van der Waals surface area contributed by atoms with Crippen molar-refractivity contribution >= 4 is 23.4 Å². The highest BCUT2D eigenvalue weighted by Crippen LogP contribution is 2.39. The third-order valence-corrected chi connectivity index (χ3v) is 6.58. The summed E-state index contributed by atoms with van der Waals surface area (Å²) in [6.45, 7) is 8.47. The van der Waals surface area contributed by atoms with Crippen molar-refractivity contribution in [2.75, 3.05) is 24.2 Å². The number of carbonyl (C=O) groups is 1. The highest BCUT2D eigenvalue weighted by atomic mass is 16.2. The molecular weight excluding hydrogens is 376 g/mol. The Morgan fingerprint density at radius 2 is 2.10 bits per heavy atom. The summed E-state index contributed by atoms with van der Waals surface area (Å²) in [7, 11) is 2.13. The molecule has 3 atom stereocenters.